The summed E-state index contributed by atoms with van der Waals surface area (Å²) in [5.74, 6) is -0.745. The Morgan fingerprint density at radius 3 is 1.22 bits per heavy atom. The van der Waals surface area contributed by atoms with E-state index in [1.54, 1.807) is 6.92 Å². The molecule has 0 saturated carbocycles. The fraction of sp³-hybridized carbons (Fsp3) is 0.952. The van der Waals surface area contributed by atoms with E-state index >= 15 is 0 Å². The molecule has 15 nitrogen and oxygen atoms in total. The molecule has 0 saturated heterocycles. The van der Waals surface area contributed by atoms with Crippen LogP contribution in [0.5, 0.6) is 0 Å². The van der Waals surface area contributed by atoms with Crippen LogP contribution in [0, 0.1) is 0 Å². The molecular weight excluding hydrogens is 486 g/mol. The van der Waals surface area contributed by atoms with E-state index in [4.69, 9.17) is 58.7 Å². The van der Waals surface area contributed by atoms with Gasteiger partial charge in [0.05, 0.1) is 112 Å². The van der Waals surface area contributed by atoms with Gasteiger partial charge in [-0.2, -0.15) is 0 Å². The van der Waals surface area contributed by atoms with Crippen molar-refractivity contribution in [1.29, 1.82) is 0 Å². The number of rotatable bonds is 27. The highest BCUT2D eigenvalue weighted by atomic mass is 16.6. The van der Waals surface area contributed by atoms with Crippen molar-refractivity contribution < 1.29 is 58.0 Å². The Labute approximate surface area is 212 Å². The van der Waals surface area contributed by atoms with Gasteiger partial charge < -0.3 is 53.2 Å². The summed E-state index contributed by atoms with van der Waals surface area (Å²) in [7, 11) is 0. The number of hydrogen-bond donors (Lipinski definition) is 3. The maximum absolute atomic E-state index is 9.37. The van der Waals surface area contributed by atoms with Crippen LogP contribution in [0.25, 0.3) is 10.4 Å². The molecule has 15 heteroatoms. The molecule has 0 radical (unpaired) electrons. The van der Waals surface area contributed by atoms with E-state index < -0.39 is 12.2 Å². The first-order chi connectivity index (χ1) is 17.6. The van der Waals surface area contributed by atoms with E-state index in [1.807, 2.05) is 0 Å². The zero-order valence-electron chi connectivity index (χ0n) is 21.2. The number of aliphatic carboxylic acids is 1. The normalized spacial score (nSPS) is 11.4. The molecule has 0 aromatic rings. The Kier molecular flexibility index (Phi) is 33.9. The summed E-state index contributed by atoms with van der Waals surface area (Å²) in [6, 6.07) is 0. The van der Waals surface area contributed by atoms with Crippen LogP contribution >= 0.6 is 0 Å². The van der Waals surface area contributed by atoms with Crippen LogP contribution in [0.3, 0.4) is 0 Å². The predicted octanol–water partition coefficient (Wildman–Crippen LogP) is 0.221. The van der Waals surface area contributed by atoms with Crippen molar-refractivity contribution in [2.45, 2.75) is 19.6 Å². The summed E-state index contributed by atoms with van der Waals surface area (Å²) in [5, 5.41) is 28.4. The second-order valence-electron chi connectivity index (χ2n) is 6.52. The molecule has 0 spiro atoms. The number of aliphatic hydroxyl groups excluding tert-OH is 2. The van der Waals surface area contributed by atoms with E-state index in [9.17, 15) is 4.79 Å². The Morgan fingerprint density at radius 1 is 0.694 bits per heavy atom. The second kappa shape index (κ2) is 33.4. The average Bonchev–Trinajstić information content (AvgIpc) is 2.87. The molecule has 0 aromatic carbocycles. The smallest absolute Gasteiger partial charge is 0.303 e. The van der Waals surface area contributed by atoms with Crippen LogP contribution in [-0.2, 0) is 42.7 Å². The van der Waals surface area contributed by atoms with Gasteiger partial charge in [0.15, 0.2) is 6.23 Å². The number of azide groups is 1. The average molecular weight is 530 g/mol. The zero-order valence-corrected chi connectivity index (χ0v) is 21.2. The topological polar surface area (TPSA) is 200 Å². The van der Waals surface area contributed by atoms with Gasteiger partial charge in [0, 0.05) is 11.3 Å². The lowest BCUT2D eigenvalue weighted by atomic mass is 10.5. The Bertz CT molecular complexity index is 499. The summed E-state index contributed by atoms with van der Waals surface area (Å²) in [4.78, 5) is 11.8. The van der Waals surface area contributed by atoms with Crippen molar-refractivity contribution in [1.82, 2.24) is 0 Å². The Balaban J connectivity index is 0. The van der Waals surface area contributed by atoms with E-state index in [2.05, 4.69) is 10.0 Å². The molecule has 0 aliphatic rings. The van der Waals surface area contributed by atoms with Gasteiger partial charge in [-0.25, -0.2) is 0 Å². The van der Waals surface area contributed by atoms with Gasteiger partial charge >= 0.3 is 5.97 Å². The predicted molar refractivity (Wildman–Crippen MR) is 127 cm³/mol. The molecule has 1 unspecified atom stereocenters. The third kappa shape index (κ3) is 36.9. The van der Waals surface area contributed by atoms with E-state index in [1.165, 1.54) is 0 Å². The Morgan fingerprint density at radius 2 is 0.972 bits per heavy atom. The van der Waals surface area contributed by atoms with E-state index in [0.29, 0.717) is 99.1 Å². The van der Waals surface area contributed by atoms with Crippen molar-refractivity contribution in [2.24, 2.45) is 5.11 Å². The number of carbonyl (C=O) groups is 1. The Hall–Kier alpha value is -1.62. The fourth-order valence-corrected chi connectivity index (χ4v) is 1.89. The van der Waals surface area contributed by atoms with Crippen molar-refractivity contribution in [3.8, 4) is 0 Å². The van der Waals surface area contributed by atoms with Crippen molar-refractivity contribution in [3.63, 3.8) is 0 Å². The third-order valence-electron chi connectivity index (χ3n) is 3.59. The van der Waals surface area contributed by atoms with Crippen LogP contribution in [-0.4, -0.2) is 140 Å². The monoisotopic (exact) mass is 529 g/mol. The molecule has 1 atom stereocenters. The van der Waals surface area contributed by atoms with Crippen LogP contribution in [0.2, 0.25) is 0 Å². The molecule has 0 aliphatic heterocycles. The summed E-state index contributed by atoms with van der Waals surface area (Å²) in [5.41, 5.74) is 8.10. The third-order valence-corrected chi connectivity index (χ3v) is 3.59. The molecule has 0 bridgehead atoms. The van der Waals surface area contributed by atoms with Crippen LogP contribution in [0.15, 0.2) is 5.11 Å². The van der Waals surface area contributed by atoms with Crippen LogP contribution < -0.4 is 0 Å². The maximum Gasteiger partial charge on any atom is 0.303 e. The zero-order chi connectivity index (χ0) is 27.0. The maximum atomic E-state index is 9.37. The molecule has 0 aliphatic carbocycles. The first-order valence-electron chi connectivity index (χ1n) is 11.7. The lowest BCUT2D eigenvalue weighted by Gasteiger charge is -2.09. The summed E-state index contributed by atoms with van der Waals surface area (Å²) >= 11 is 0. The van der Waals surface area contributed by atoms with Crippen LogP contribution in [0.1, 0.15) is 13.3 Å². The molecule has 0 heterocycles. The summed E-state index contributed by atoms with van der Waals surface area (Å²) in [6.45, 7) is 8.23. The molecule has 0 rings (SSSR count). The number of aliphatic hydroxyl groups is 2. The number of hydrogen-bond acceptors (Lipinski definition) is 12. The van der Waals surface area contributed by atoms with Crippen LogP contribution in [0.4, 0.5) is 0 Å². The molecule has 0 amide bonds. The molecular formula is C21H43N3O12. The fourth-order valence-electron chi connectivity index (χ4n) is 1.89. The number of ether oxygens (including phenoxy) is 8. The minimum absolute atomic E-state index is 0.0203. The lowest BCUT2D eigenvalue weighted by Crippen LogP contribution is -2.16. The number of carboxylic acid groups (broad SMARTS) is 1. The summed E-state index contributed by atoms with van der Waals surface area (Å²) < 4.78 is 42.1. The van der Waals surface area contributed by atoms with Gasteiger partial charge in [-0.3, -0.25) is 4.79 Å². The first-order valence-corrected chi connectivity index (χ1v) is 11.7. The van der Waals surface area contributed by atoms with Gasteiger partial charge in [-0.15, -0.1) is 0 Å². The highest BCUT2D eigenvalue weighted by Gasteiger charge is 1.99. The standard InChI is InChI=1S/C18H37N3O10.C3H6O2/c19-21-20-18(23)17-31-16-15-30-14-13-29-12-11-28-10-9-27-8-7-26-6-5-25-4-3-24-2-1-22;1-2-3(4)5/h18,22-23H,1-17H2;2H2,1H3,(H,4,5). The minimum atomic E-state index is -1.17. The van der Waals surface area contributed by atoms with Gasteiger partial charge in [0.1, 0.15) is 0 Å². The van der Waals surface area contributed by atoms with Gasteiger partial charge in [0.2, 0.25) is 0 Å². The molecule has 0 fully saturated rings. The molecule has 214 valence electrons. The number of nitrogens with zero attached hydrogens (tertiary/aromatic N) is 3. The minimum Gasteiger partial charge on any atom is -0.481 e. The van der Waals surface area contributed by atoms with Gasteiger partial charge in [-0.1, -0.05) is 12.0 Å². The van der Waals surface area contributed by atoms with E-state index in [0.717, 1.165) is 0 Å². The quantitative estimate of drug-likeness (QED) is 0.0566. The highest BCUT2D eigenvalue weighted by molar-refractivity contribution is 5.66. The summed E-state index contributed by atoms with van der Waals surface area (Å²) in [6.07, 6.45) is -0.952. The second-order valence-corrected chi connectivity index (χ2v) is 6.52. The van der Waals surface area contributed by atoms with Crippen molar-refractivity contribution >= 4 is 5.97 Å². The van der Waals surface area contributed by atoms with Crippen molar-refractivity contribution in [3.05, 3.63) is 10.4 Å². The molecule has 0 aromatic heterocycles. The SMILES string of the molecule is CCC(=O)O.[N-]=[N+]=NC(O)COCCOCCOCCOCCOCCOCCOCCOCCO. The number of carboxylic acids is 1. The first kappa shape index (κ1) is 36.5. The highest BCUT2D eigenvalue weighted by Crippen LogP contribution is 1.89. The van der Waals surface area contributed by atoms with Gasteiger partial charge in [-0.05, 0) is 5.53 Å². The molecule has 3 N–H and O–H groups in total. The van der Waals surface area contributed by atoms with E-state index in [-0.39, 0.29) is 19.6 Å². The lowest BCUT2D eigenvalue weighted by molar-refractivity contribution is -0.136. The molecule has 36 heavy (non-hydrogen) atoms. The largest absolute Gasteiger partial charge is 0.481 e. The van der Waals surface area contributed by atoms with Crippen molar-refractivity contribution in [2.75, 3.05) is 112 Å². The van der Waals surface area contributed by atoms with Gasteiger partial charge in [0.25, 0.3) is 0 Å².